The Kier molecular flexibility index (Phi) is 8.55. The largest absolute Gasteiger partial charge is 0.490 e. The van der Waals surface area contributed by atoms with Crippen molar-refractivity contribution in [2.75, 3.05) is 0 Å². The predicted octanol–water partition coefficient (Wildman–Crippen LogP) is 5.01. The second kappa shape index (κ2) is 11.9. The van der Waals surface area contributed by atoms with Crippen molar-refractivity contribution in [1.82, 2.24) is 21.2 Å². The molecule has 1 aromatic heterocycles. The number of hydrogen-bond donors (Lipinski definition) is 3. The maximum absolute atomic E-state index is 11.9. The van der Waals surface area contributed by atoms with Crippen molar-refractivity contribution in [2.45, 2.75) is 77.5 Å². The molecule has 3 N–H and O–H groups in total. The molecule has 0 atom stereocenters. The summed E-state index contributed by atoms with van der Waals surface area (Å²) in [5.41, 5.74) is 5.73. The van der Waals surface area contributed by atoms with Gasteiger partial charge >= 0.3 is 18.1 Å². The van der Waals surface area contributed by atoms with Crippen LogP contribution < -0.4 is 25.6 Å². The first kappa shape index (κ1) is 29.4. The zero-order valence-electron chi connectivity index (χ0n) is 24.1. The molecule has 11 heteroatoms. The number of carbonyl (C=O) groups is 3. The van der Waals surface area contributed by atoms with Crippen molar-refractivity contribution in [3.05, 3.63) is 71.6 Å². The summed E-state index contributed by atoms with van der Waals surface area (Å²) in [6.07, 6.45) is 2.23. The highest BCUT2D eigenvalue weighted by atomic mass is 16.6. The maximum Gasteiger partial charge on any atom is 0.407 e. The number of hydrazine groups is 1. The van der Waals surface area contributed by atoms with Crippen LogP contribution in [0.2, 0.25) is 0 Å². The molecule has 3 aromatic rings. The van der Waals surface area contributed by atoms with Crippen LogP contribution in [0.5, 0.6) is 17.6 Å². The minimum atomic E-state index is -0.650. The second-order valence-electron chi connectivity index (χ2n) is 11.5. The van der Waals surface area contributed by atoms with E-state index in [1.165, 1.54) is 13.1 Å². The Bertz CT molecular complexity index is 1370. The lowest BCUT2D eigenvalue weighted by atomic mass is 9.78. The topological polar surface area (TPSA) is 141 Å². The van der Waals surface area contributed by atoms with Crippen molar-refractivity contribution in [2.24, 2.45) is 0 Å². The zero-order valence-corrected chi connectivity index (χ0v) is 24.1. The number of nitrogens with one attached hydrogen (secondary N) is 3. The van der Waals surface area contributed by atoms with Gasteiger partial charge in [0.05, 0.1) is 6.20 Å². The van der Waals surface area contributed by atoms with Gasteiger partial charge in [-0.2, -0.15) is 4.98 Å². The molecule has 218 valence electrons. The zero-order chi connectivity index (χ0) is 29.8. The molecule has 0 spiro atoms. The summed E-state index contributed by atoms with van der Waals surface area (Å²) in [6.45, 7) is 11.0. The van der Waals surface area contributed by atoms with E-state index in [1.54, 1.807) is 12.1 Å². The van der Waals surface area contributed by atoms with Crippen LogP contribution in [0.25, 0.3) is 0 Å². The fourth-order valence-corrected chi connectivity index (χ4v) is 4.22. The molecule has 1 aliphatic rings. The first-order chi connectivity index (χ1) is 19.3. The van der Waals surface area contributed by atoms with E-state index >= 15 is 0 Å². The number of hydrogen-bond acceptors (Lipinski definition) is 8. The lowest BCUT2D eigenvalue weighted by Crippen LogP contribution is -2.50. The Morgan fingerprint density at radius 2 is 1.46 bits per heavy atom. The quantitative estimate of drug-likeness (QED) is 0.324. The third kappa shape index (κ3) is 8.00. The van der Waals surface area contributed by atoms with E-state index in [4.69, 9.17) is 18.6 Å². The Labute approximate surface area is 238 Å². The molecule has 0 unspecified atom stereocenters. The van der Waals surface area contributed by atoms with Crippen LogP contribution in [-0.2, 0) is 14.9 Å². The van der Waals surface area contributed by atoms with Gasteiger partial charge in [-0.05, 0) is 56.2 Å². The van der Waals surface area contributed by atoms with Crippen LogP contribution in [-0.4, -0.2) is 40.6 Å². The Hall–Kier alpha value is -4.54. The van der Waals surface area contributed by atoms with Crippen LogP contribution in [0.4, 0.5) is 4.79 Å². The van der Waals surface area contributed by atoms with Gasteiger partial charge in [0.2, 0.25) is 11.7 Å². The molecule has 2 aromatic carbocycles. The van der Waals surface area contributed by atoms with E-state index < -0.39 is 23.5 Å². The van der Waals surface area contributed by atoms with Gasteiger partial charge in [0, 0.05) is 31.2 Å². The average molecular weight is 565 g/mol. The minimum absolute atomic E-state index is 0.0488. The van der Waals surface area contributed by atoms with Crippen LogP contribution in [0.1, 0.15) is 76.1 Å². The van der Waals surface area contributed by atoms with Gasteiger partial charge in [0.15, 0.2) is 0 Å². The number of carbonyl (C=O) groups excluding carboxylic acids is 3. The van der Waals surface area contributed by atoms with Gasteiger partial charge in [0.1, 0.15) is 23.2 Å². The number of ether oxygens (including phenoxy) is 3. The molecule has 1 saturated carbocycles. The van der Waals surface area contributed by atoms with E-state index in [0.717, 1.165) is 29.7 Å². The van der Waals surface area contributed by atoms with E-state index in [9.17, 15) is 14.4 Å². The van der Waals surface area contributed by atoms with E-state index in [1.807, 2.05) is 45.0 Å². The molecule has 11 nitrogen and oxygen atoms in total. The normalized spacial score (nSPS) is 16.6. The molecule has 0 radical (unpaired) electrons. The van der Waals surface area contributed by atoms with Gasteiger partial charge in [-0.3, -0.25) is 20.4 Å². The number of nitrogens with zero attached hydrogens (tertiary/aromatic N) is 1. The van der Waals surface area contributed by atoms with Crippen LogP contribution in [0.3, 0.4) is 0 Å². The fourth-order valence-electron chi connectivity index (χ4n) is 4.22. The summed E-state index contributed by atoms with van der Waals surface area (Å²) in [5.74, 6) is 0.102. The summed E-state index contributed by atoms with van der Waals surface area (Å²) in [7, 11) is 0. The summed E-state index contributed by atoms with van der Waals surface area (Å²) in [5, 5.41) is 2.88. The summed E-state index contributed by atoms with van der Waals surface area (Å²) in [6, 6.07) is 15.6. The molecular weight excluding hydrogens is 528 g/mol. The molecule has 3 amide bonds. The van der Waals surface area contributed by atoms with E-state index in [0.29, 0.717) is 5.75 Å². The van der Waals surface area contributed by atoms with Crippen LogP contribution >= 0.6 is 0 Å². The van der Waals surface area contributed by atoms with Crippen molar-refractivity contribution >= 4 is 17.9 Å². The highest BCUT2D eigenvalue weighted by Gasteiger charge is 2.33. The van der Waals surface area contributed by atoms with Gasteiger partial charge in [-0.1, -0.05) is 38.1 Å². The van der Waals surface area contributed by atoms with Crippen molar-refractivity contribution in [3.8, 4) is 17.6 Å². The highest BCUT2D eigenvalue weighted by Crippen LogP contribution is 2.35. The molecule has 1 heterocycles. The number of rotatable bonds is 8. The first-order valence-electron chi connectivity index (χ1n) is 13.4. The fraction of sp³-hybridized carbons (Fsp3) is 0.400. The average Bonchev–Trinajstić information content (AvgIpc) is 3.34. The molecular formula is C30H36N4O7. The van der Waals surface area contributed by atoms with E-state index in [-0.39, 0.29) is 29.4 Å². The number of alkyl carbamates (subject to hydrolysis) is 1. The Balaban J connectivity index is 1.28. The third-order valence-electron chi connectivity index (χ3n) is 6.54. The Morgan fingerprint density at radius 1 is 0.878 bits per heavy atom. The maximum atomic E-state index is 11.9. The SMILES string of the molecule is CC(=O)NNC(=O)c1cnc(Oc2ccc(C(C)(C)c3ccc(OC4CC(NC(=O)OC(C)(C)C)C4)cc3)cc2)o1. The number of aromatic nitrogens is 1. The van der Waals surface area contributed by atoms with Gasteiger partial charge in [0.25, 0.3) is 0 Å². The van der Waals surface area contributed by atoms with E-state index in [2.05, 4.69) is 47.1 Å². The molecule has 41 heavy (non-hydrogen) atoms. The Morgan fingerprint density at radius 3 is 2.02 bits per heavy atom. The minimum Gasteiger partial charge on any atom is -0.490 e. The third-order valence-corrected chi connectivity index (χ3v) is 6.54. The monoisotopic (exact) mass is 564 g/mol. The molecule has 1 aliphatic carbocycles. The molecule has 0 saturated heterocycles. The lowest BCUT2D eigenvalue weighted by Gasteiger charge is -2.36. The van der Waals surface area contributed by atoms with Gasteiger partial charge in [-0.25, -0.2) is 4.79 Å². The van der Waals surface area contributed by atoms with Crippen molar-refractivity contribution < 1.29 is 33.0 Å². The standard InChI is InChI=1S/C30H36N4O7/c1-18(35)33-34-26(36)25-17-31-28(40-25)39-23-13-9-20(10-14-23)30(5,6)19-7-11-22(12-8-19)38-24-15-21(16-24)32-27(37)41-29(2,3)4/h7-14,17,21,24H,15-16H2,1-6H3,(H,32,37)(H,33,35)(H,34,36). The highest BCUT2D eigenvalue weighted by molar-refractivity contribution is 5.92. The number of oxazole rings is 1. The van der Waals surface area contributed by atoms with Gasteiger partial charge in [-0.15, -0.1) is 0 Å². The first-order valence-corrected chi connectivity index (χ1v) is 13.4. The summed E-state index contributed by atoms with van der Waals surface area (Å²) in [4.78, 5) is 38.7. The number of benzene rings is 2. The number of amides is 3. The lowest BCUT2D eigenvalue weighted by molar-refractivity contribution is -0.119. The molecule has 0 aliphatic heterocycles. The predicted molar refractivity (Wildman–Crippen MR) is 150 cm³/mol. The van der Waals surface area contributed by atoms with Crippen LogP contribution in [0.15, 0.2) is 59.1 Å². The summed E-state index contributed by atoms with van der Waals surface area (Å²) >= 11 is 0. The van der Waals surface area contributed by atoms with Crippen molar-refractivity contribution in [1.29, 1.82) is 0 Å². The van der Waals surface area contributed by atoms with Gasteiger partial charge < -0.3 is 23.9 Å². The molecule has 0 bridgehead atoms. The smallest absolute Gasteiger partial charge is 0.407 e. The summed E-state index contributed by atoms with van der Waals surface area (Å²) < 4.78 is 22.3. The second-order valence-corrected chi connectivity index (χ2v) is 11.5. The van der Waals surface area contributed by atoms with Crippen LogP contribution in [0, 0.1) is 0 Å². The molecule has 4 rings (SSSR count). The van der Waals surface area contributed by atoms with Crippen molar-refractivity contribution in [3.63, 3.8) is 0 Å². The molecule has 1 fully saturated rings.